The van der Waals surface area contributed by atoms with Crippen LogP contribution in [0.1, 0.15) is 0 Å². The fourth-order valence-electron chi connectivity index (χ4n) is 1.67. The number of nitro groups is 2. The van der Waals surface area contributed by atoms with E-state index >= 15 is 0 Å². The van der Waals surface area contributed by atoms with Crippen LogP contribution < -0.4 is 0 Å². The summed E-state index contributed by atoms with van der Waals surface area (Å²) in [5.41, 5.74) is -1.37. The fourth-order valence-corrected chi connectivity index (χ4v) is 2.61. The number of para-hydroxylation sites is 2. The number of sulfonamides is 1. The summed E-state index contributed by atoms with van der Waals surface area (Å²) in [6.07, 6.45) is 0. The van der Waals surface area contributed by atoms with Crippen LogP contribution in [0.15, 0.2) is 63.1 Å². The Morgan fingerprint density at radius 3 is 1.96 bits per heavy atom. The Kier molecular flexibility index (Phi) is 4.41. The molecule has 0 aliphatic heterocycles. The highest BCUT2D eigenvalue weighted by Crippen LogP contribution is 2.29. The Balaban J connectivity index is 2.48. The van der Waals surface area contributed by atoms with Crippen molar-refractivity contribution in [1.29, 1.82) is 0 Å². The van der Waals surface area contributed by atoms with Crippen LogP contribution in [0.5, 0.6) is 0 Å². The summed E-state index contributed by atoms with van der Waals surface area (Å²) in [5.74, 6) is 0. The van der Waals surface area contributed by atoms with Crippen molar-refractivity contribution >= 4 is 27.1 Å². The number of rotatable bonds is 5. The van der Waals surface area contributed by atoms with Crippen molar-refractivity contribution in [2.75, 3.05) is 0 Å². The lowest BCUT2D eigenvalue weighted by Gasteiger charge is -1.99. The average Bonchev–Trinajstić information content (AvgIpc) is 2.53. The molecule has 2 aromatic carbocycles. The summed E-state index contributed by atoms with van der Waals surface area (Å²) in [6, 6.07) is 9.74. The van der Waals surface area contributed by atoms with Crippen molar-refractivity contribution in [3.63, 3.8) is 0 Å². The largest absolute Gasteiger partial charge is 0.306 e. The second-order valence-corrected chi connectivity index (χ2v) is 5.68. The third-order valence-corrected chi connectivity index (χ3v) is 3.87. The lowest BCUT2D eigenvalue weighted by atomic mass is 10.3. The van der Waals surface area contributed by atoms with E-state index in [1.807, 2.05) is 0 Å². The van der Waals surface area contributed by atoms with Gasteiger partial charge in [-0.3, -0.25) is 20.2 Å². The number of nitro benzene ring substituents is 2. The maximum absolute atomic E-state index is 12.1. The Hall–Kier alpha value is -3.21. The first-order valence-corrected chi connectivity index (χ1v) is 7.42. The Morgan fingerprint density at radius 1 is 0.826 bits per heavy atom. The third-order valence-electron chi connectivity index (χ3n) is 2.67. The first-order valence-electron chi connectivity index (χ1n) is 5.98. The molecule has 0 unspecified atom stereocenters. The lowest BCUT2D eigenvalue weighted by molar-refractivity contribution is -0.387. The first-order chi connectivity index (χ1) is 10.8. The van der Waals surface area contributed by atoms with Crippen LogP contribution >= 0.6 is 0 Å². The van der Waals surface area contributed by atoms with Crippen LogP contribution in [0.2, 0.25) is 0 Å². The normalized spacial score (nSPS) is 11.5. The van der Waals surface area contributed by atoms with Gasteiger partial charge in [-0.25, -0.2) is 0 Å². The molecule has 0 atom stereocenters. The van der Waals surface area contributed by atoms with Crippen LogP contribution in [-0.2, 0) is 10.0 Å². The number of hydrogen-bond acceptors (Lipinski definition) is 7. The third kappa shape index (κ3) is 3.52. The second kappa shape index (κ2) is 6.27. The lowest BCUT2D eigenvalue weighted by Crippen LogP contribution is -2.01. The van der Waals surface area contributed by atoms with E-state index in [0.717, 1.165) is 18.2 Å². The molecule has 2 aromatic rings. The zero-order valence-electron chi connectivity index (χ0n) is 11.3. The van der Waals surface area contributed by atoms with E-state index < -0.39 is 36.1 Å². The van der Waals surface area contributed by atoms with Gasteiger partial charge in [-0.05, 0) is 12.1 Å². The van der Waals surface area contributed by atoms with Crippen molar-refractivity contribution in [2.45, 2.75) is 4.90 Å². The van der Waals surface area contributed by atoms with Gasteiger partial charge in [0, 0.05) is 12.1 Å². The maximum Gasteiger partial charge on any atom is 0.306 e. The first kappa shape index (κ1) is 16.2. The van der Waals surface area contributed by atoms with E-state index in [1.54, 1.807) is 0 Å². The van der Waals surface area contributed by atoms with E-state index in [1.165, 1.54) is 30.3 Å². The van der Waals surface area contributed by atoms with Gasteiger partial charge in [-0.2, -0.15) is 8.42 Å². The molecule has 0 aliphatic carbocycles. The molecule has 0 radical (unpaired) electrons. The van der Waals surface area contributed by atoms with Crippen molar-refractivity contribution in [1.82, 2.24) is 0 Å². The molecule has 0 aromatic heterocycles. The van der Waals surface area contributed by atoms with Crippen LogP contribution in [0.25, 0.3) is 0 Å². The van der Waals surface area contributed by atoms with Gasteiger partial charge in [0.15, 0.2) is 10.6 Å². The van der Waals surface area contributed by atoms with E-state index in [9.17, 15) is 28.6 Å². The number of nitrogens with zero attached hydrogens (tertiary/aromatic N) is 4. The molecule has 0 heterocycles. The smallest absolute Gasteiger partial charge is 0.258 e. The summed E-state index contributed by atoms with van der Waals surface area (Å²) in [5, 5.41) is 25.0. The molecular weight excluding hydrogens is 328 g/mol. The Morgan fingerprint density at radius 2 is 1.35 bits per heavy atom. The zero-order chi connectivity index (χ0) is 17.0. The highest BCUT2D eigenvalue weighted by atomic mass is 32.2. The van der Waals surface area contributed by atoms with Gasteiger partial charge in [0.1, 0.15) is 0 Å². The quantitative estimate of drug-likeness (QED) is 0.466. The second-order valence-electron chi connectivity index (χ2n) is 4.13. The molecule has 0 saturated carbocycles. The number of hydrogen-bond donors (Lipinski definition) is 0. The molecule has 0 aliphatic rings. The predicted molar refractivity (Wildman–Crippen MR) is 77.9 cm³/mol. The van der Waals surface area contributed by atoms with Crippen molar-refractivity contribution in [3.05, 3.63) is 68.8 Å². The van der Waals surface area contributed by atoms with Crippen LogP contribution in [0.4, 0.5) is 17.1 Å². The highest BCUT2D eigenvalue weighted by Gasteiger charge is 2.25. The number of benzene rings is 2. The molecule has 10 nitrogen and oxygen atoms in total. The van der Waals surface area contributed by atoms with E-state index in [4.69, 9.17) is 0 Å². The molecule has 0 saturated heterocycles. The van der Waals surface area contributed by atoms with Gasteiger partial charge in [-0.15, -0.1) is 5.11 Å². The minimum Gasteiger partial charge on any atom is -0.258 e. The van der Waals surface area contributed by atoms with Crippen molar-refractivity contribution in [3.8, 4) is 0 Å². The maximum atomic E-state index is 12.1. The standard InChI is InChI=1S/C12H8N4O6S/c17-15(18)10-6-2-1-5-9(10)13-14-23(21,22)12-8-4-3-7-11(12)16(19)20/h1-8H. The molecule has 23 heavy (non-hydrogen) atoms. The minimum absolute atomic E-state index is 0.278. The van der Waals surface area contributed by atoms with Gasteiger partial charge in [0.05, 0.1) is 9.85 Å². The average molecular weight is 336 g/mol. The topological polar surface area (TPSA) is 145 Å². The predicted octanol–water partition coefficient (Wildman–Crippen LogP) is 2.98. The summed E-state index contributed by atoms with van der Waals surface area (Å²) in [6.45, 7) is 0. The van der Waals surface area contributed by atoms with Gasteiger partial charge >= 0.3 is 10.0 Å². The molecule has 2 rings (SSSR count). The molecule has 0 N–H and O–H groups in total. The fraction of sp³-hybridized carbons (Fsp3) is 0. The molecule has 0 fully saturated rings. The zero-order valence-corrected chi connectivity index (χ0v) is 12.1. The Bertz CT molecular complexity index is 909. The Labute approximate surface area is 129 Å². The molecule has 0 amide bonds. The molecule has 11 heteroatoms. The summed E-state index contributed by atoms with van der Waals surface area (Å²) in [4.78, 5) is 19.4. The minimum atomic E-state index is -4.48. The molecule has 118 valence electrons. The summed E-state index contributed by atoms with van der Waals surface area (Å²) < 4.78 is 27.2. The van der Waals surface area contributed by atoms with Crippen LogP contribution in [-0.4, -0.2) is 18.3 Å². The monoisotopic (exact) mass is 336 g/mol. The molecule has 0 bridgehead atoms. The highest BCUT2D eigenvalue weighted by molar-refractivity contribution is 7.90. The van der Waals surface area contributed by atoms with Crippen LogP contribution in [0, 0.1) is 20.2 Å². The van der Waals surface area contributed by atoms with Gasteiger partial charge in [-0.1, -0.05) is 28.8 Å². The van der Waals surface area contributed by atoms with E-state index in [2.05, 4.69) is 9.63 Å². The molecular formula is C12H8N4O6S. The van der Waals surface area contributed by atoms with Crippen molar-refractivity contribution < 1.29 is 18.3 Å². The SMILES string of the molecule is O=[N+]([O-])c1ccccc1N=NS(=O)(=O)c1ccccc1[N+](=O)[O-]. The van der Waals surface area contributed by atoms with Gasteiger partial charge < -0.3 is 0 Å². The van der Waals surface area contributed by atoms with E-state index in [0.29, 0.717) is 0 Å². The van der Waals surface area contributed by atoms with Crippen molar-refractivity contribution in [2.24, 2.45) is 9.63 Å². The van der Waals surface area contributed by atoms with E-state index in [-0.39, 0.29) is 5.69 Å². The summed E-state index contributed by atoms with van der Waals surface area (Å²) >= 11 is 0. The van der Waals surface area contributed by atoms with Crippen LogP contribution in [0.3, 0.4) is 0 Å². The summed E-state index contributed by atoms with van der Waals surface area (Å²) in [7, 11) is -4.48. The van der Waals surface area contributed by atoms with Gasteiger partial charge in [0.25, 0.3) is 11.4 Å². The molecule has 0 spiro atoms. The van der Waals surface area contributed by atoms with Gasteiger partial charge in [0.2, 0.25) is 0 Å².